The fourth-order valence-electron chi connectivity index (χ4n) is 4.86. The molecule has 2 unspecified atom stereocenters. The smallest absolute Gasteiger partial charge is 0.259 e. The molecule has 2 aromatic carbocycles. The summed E-state index contributed by atoms with van der Waals surface area (Å²) in [6.07, 6.45) is 3.91. The number of hydrogen-bond acceptors (Lipinski definition) is 4. The molecule has 0 radical (unpaired) electrons. The summed E-state index contributed by atoms with van der Waals surface area (Å²) >= 11 is 0. The Hall–Kier alpha value is -4.07. The van der Waals surface area contributed by atoms with Crippen LogP contribution in [0.1, 0.15) is 40.5 Å². The van der Waals surface area contributed by atoms with Crippen LogP contribution in [0.15, 0.2) is 55.0 Å². The molecule has 7 nitrogen and oxygen atoms in total. The second-order valence-electron chi connectivity index (χ2n) is 8.07. The molecule has 2 aliphatic heterocycles. The number of amides is 3. The first-order valence-corrected chi connectivity index (χ1v) is 10.3. The van der Waals surface area contributed by atoms with Crippen molar-refractivity contribution in [3.63, 3.8) is 0 Å². The Kier molecular flexibility index (Phi) is 3.92. The number of fused-ring (bicyclic) bond motifs is 1. The molecule has 3 amide bonds. The fourth-order valence-corrected chi connectivity index (χ4v) is 4.86. The van der Waals surface area contributed by atoms with Crippen molar-refractivity contribution in [3.8, 4) is 0 Å². The van der Waals surface area contributed by atoms with Gasteiger partial charge in [-0.15, -0.1) is 0 Å². The van der Waals surface area contributed by atoms with Crippen molar-refractivity contribution in [1.82, 2.24) is 15.3 Å². The summed E-state index contributed by atoms with van der Waals surface area (Å²) in [4.78, 5) is 45.8. The number of aromatic amines is 1. The summed E-state index contributed by atoms with van der Waals surface area (Å²) in [6.45, 7) is 0. The number of carbonyl (C=O) groups is 3. The number of nitrogens with one attached hydrogen (secondary N) is 2. The van der Waals surface area contributed by atoms with Crippen LogP contribution in [0.5, 0.6) is 0 Å². The number of rotatable bonds is 3. The molecule has 2 atom stereocenters. The monoisotopic (exact) mass is 428 g/mol. The third-order valence-corrected chi connectivity index (χ3v) is 6.34. The Morgan fingerprint density at radius 1 is 1.06 bits per heavy atom. The van der Waals surface area contributed by atoms with Gasteiger partial charge < -0.3 is 4.98 Å². The number of halogens is 1. The van der Waals surface area contributed by atoms with E-state index in [1.54, 1.807) is 55.0 Å². The molecule has 4 heterocycles. The standard InChI is InChI=1S/C24H17FN4O3/c25-22(16-10-27-17-11-26-9-8-12(16)17)14-4-5-18-21-13(14)2-1-3-15(21)24(32)29(18)19-6-7-20(30)28-23(19)31/h1-5,8-11,19,22,27H,6-7H2,(H,28,30,31). The van der Waals surface area contributed by atoms with Gasteiger partial charge in [-0.05, 0) is 35.6 Å². The zero-order chi connectivity index (χ0) is 22.0. The van der Waals surface area contributed by atoms with Crippen molar-refractivity contribution >= 4 is 45.1 Å². The summed E-state index contributed by atoms with van der Waals surface area (Å²) in [5.74, 6) is -1.15. The van der Waals surface area contributed by atoms with Gasteiger partial charge in [0.25, 0.3) is 5.91 Å². The molecule has 2 aromatic heterocycles. The van der Waals surface area contributed by atoms with Gasteiger partial charge in [0.05, 0.1) is 17.4 Å². The van der Waals surface area contributed by atoms with Gasteiger partial charge in [0.1, 0.15) is 6.04 Å². The highest BCUT2D eigenvalue weighted by Gasteiger charge is 2.41. The van der Waals surface area contributed by atoms with E-state index in [0.29, 0.717) is 33.2 Å². The van der Waals surface area contributed by atoms with Crippen LogP contribution in [-0.4, -0.2) is 33.7 Å². The predicted octanol–water partition coefficient (Wildman–Crippen LogP) is 3.54. The first kappa shape index (κ1) is 18.7. The second-order valence-corrected chi connectivity index (χ2v) is 8.07. The van der Waals surface area contributed by atoms with Gasteiger partial charge in [-0.25, -0.2) is 4.39 Å². The maximum Gasteiger partial charge on any atom is 0.259 e. The molecule has 0 spiro atoms. The van der Waals surface area contributed by atoms with Crippen molar-refractivity contribution in [2.45, 2.75) is 25.1 Å². The van der Waals surface area contributed by atoms with Crippen LogP contribution in [0.25, 0.3) is 21.7 Å². The molecular weight excluding hydrogens is 411 g/mol. The SMILES string of the molecule is O=C1CCC(N2C(=O)c3cccc4c(C(F)c5c[nH]c6cnccc56)ccc2c34)C(=O)N1. The average molecular weight is 428 g/mol. The number of aromatic nitrogens is 2. The van der Waals surface area contributed by atoms with E-state index in [0.717, 1.165) is 10.9 Å². The maximum atomic E-state index is 15.9. The summed E-state index contributed by atoms with van der Waals surface area (Å²) in [6, 6.07) is 9.56. The van der Waals surface area contributed by atoms with Gasteiger partial charge in [0, 0.05) is 40.7 Å². The Balaban J connectivity index is 1.49. The normalized spacial score (nSPS) is 19.1. The van der Waals surface area contributed by atoms with Crippen LogP contribution in [0.3, 0.4) is 0 Å². The second kappa shape index (κ2) is 6.71. The Labute approximate surface area is 181 Å². The lowest BCUT2D eigenvalue weighted by atomic mass is 9.94. The topological polar surface area (TPSA) is 95.2 Å². The minimum absolute atomic E-state index is 0.166. The Morgan fingerprint density at radius 2 is 1.94 bits per heavy atom. The zero-order valence-corrected chi connectivity index (χ0v) is 16.8. The van der Waals surface area contributed by atoms with Gasteiger partial charge in [0.2, 0.25) is 11.8 Å². The quantitative estimate of drug-likeness (QED) is 0.488. The van der Waals surface area contributed by atoms with E-state index in [2.05, 4.69) is 15.3 Å². The number of H-pyrrole nitrogens is 1. The molecule has 4 aromatic rings. The predicted molar refractivity (Wildman–Crippen MR) is 116 cm³/mol. The van der Waals surface area contributed by atoms with Crippen molar-refractivity contribution in [2.24, 2.45) is 0 Å². The van der Waals surface area contributed by atoms with Gasteiger partial charge in [-0.3, -0.25) is 29.6 Å². The number of pyridine rings is 1. The van der Waals surface area contributed by atoms with E-state index >= 15 is 4.39 Å². The average Bonchev–Trinajstić information content (AvgIpc) is 3.35. The lowest BCUT2D eigenvalue weighted by Crippen LogP contribution is -2.53. The number of anilines is 1. The molecule has 1 saturated heterocycles. The van der Waals surface area contributed by atoms with E-state index < -0.39 is 18.1 Å². The number of nitrogens with zero attached hydrogens (tertiary/aromatic N) is 2. The first-order chi connectivity index (χ1) is 15.5. The van der Waals surface area contributed by atoms with E-state index in [1.165, 1.54) is 4.90 Å². The van der Waals surface area contributed by atoms with E-state index in [1.807, 2.05) is 0 Å². The summed E-state index contributed by atoms with van der Waals surface area (Å²) in [5.41, 5.74) is 2.68. The highest BCUT2D eigenvalue weighted by Crippen LogP contribution is 2.44. The third-order valence-electron chi connectivity index (χ3n) is 6.34. The van der Waals surface area contributed by atoms with Crippen LogP contribution in [0.2, 0.25) is 0 Å². The minimum Gasteiger partial charge on any atom is -0.360 e. The Morgan fingerprint density at radius 3 is 2.78 bits per heavy atom. The highest BCUT2D eigenvalue weighted by atomic mass is 19.1. The number of carbonyl (C=O) groups excluding carboxylic acids is 3. The zero-order valence-electron chi connectivity index (χ0n) is 16.8. The highest BCUT2D eigenvalue weighted by molar-refractivity contribution is 6.27. The van der Waals surface area contributed by atoms with Gasteiger partial charge in [-0.1, -0.05) is 18.2 Å². The number of hydrogen-bond donors (Lipinski definition) is 2. The molecule has 0 bridgehead atoms. The molecule has 0 aliphatic carbocycles. The van der Waals surface area contributed by atoms with Crippen LogP contribution in [0, 0.1) is 0 Å². The third kappa shape index (κ3) is 2.52. The number of imide groups is 1. The van der Waals surface area contributed by atoms with Crippen molar-refractivity contribution in [2.75, 3.05) is 4.90 Å². The molecule has 2 N–H and O–H groups in total. The first-order valence-electron chi connectivity index (χ1n) is 10.3. The molecule has 6 rings (SSSR count). The summed E-state index contributed by atoms with van der Waals surface area (Å²) in [7, 11) is 0. The summed E-state index contributed by atoms with van der Waals surface area (Å²) < 4.78 is 15.9. The number of alkyl halides is 1. The van der Waals surface area contributed by atoms with Crippen molar-refractivity contribution < 1.29 is 18.8 Å². The van der Waals surface area contributed by atoms with E-state index in [-0.39, 0.29) is 24.7 Å². The van der Waals surface area contributed by atoms with Crippen LogP contribution in [-0.2, 0) is 9.59 Å². The van der Waals surface area contributed by atoms with Gasteiger partial charge in [-0.2, -0.15) is 0 Å². The van der Waals surface area contributed by atoms with Crippen LogP contribution in [0.4, 0.5) is 10.1 Å². The van der Waals surface area contributed by atoms with E-state index in [4.69, 9.17) is 0 Å². The molecule has 8 heteroatoms. The molecule has 0 saturated carbocycles. The molecule has 2 aliphatic rings. The van der Waals surface area contributed by atoms with Gasteiger partial charge in [0.15, 0.2) is 6.17 Å². The molecular formula is C24H17FN4O3. The van der Waals surface area contributed by atoms with E-state index in [9.17, 15) is 14.4 Å². The summed E-state index contributed by atoms with van der Waals surface area (Å²) in [5, 5.41) is 4.31. The molecule has 158 valence electrons. The van der Waals surface area contributed by atoms with Crippen LogP contribution >= 0.6 is 0 Å². The lowest BCUT2D eigenvalue weighted by molar-refractivity contribution is -0.134. The van der Waals surface area contributed by atoms with Crippen molar-refractivity contribution in [1.29, 1.82) is 0 Å². The number of piperidine rings is 1. The van der Waals surface area contributed by atoms with Crippen LogP contribution < -0.4 is 10.2 Å². The lowest BCUT2D eigenvalue weighted by Gasteiger charge is -2.30. The Bertz CT molecular complexity index is 1460. The van der Waals surface area contributed by atoms with Crippen molar-refractivity contribution in [3.05, 3.63) is 71.7 Å². The van der Waals surface area contributed by atoms with Gasteiger partial charge >= 0.3 is 0 Å². The maximum absolute atomic E-state index is 15.9. The molecule has 32 heavy (non-hydrogen) atoms. The molecule has 1 fully saturated rings. The largest absolute Gasteiger partial charge is 0.360 e. The number of benzene rings is 2. The fraction of sp³-hybridized carbons (Fsp3) is 0.167. The minimum atomic E-state index is -1.42.